The molecule has 1 atom stereocenters. The minimum Gasteiger partial charge on any atom is -0.760 e. The van der Waals surface area contributed by atoms with Gasteiger partial charge in [-0.1, -0.05) is 0 Å². The highest BCUT2D eigenvalue weighted by Gasteiger charge is 2.24. The molecule has 1 unspecified atom stereocenters. The molecular weight excluding hydrogens is 302 g/mol. The van der Waals surface area contributed by atoms with E-state index in [1.54, 1.807) is 6.20 Å². The fourth-order valence-corrected chi connectivity index (χ4v) is 3.92. The Morgan fingerprint density at radius 3 is 2.91 bits per heavy atom. The molecule has 0 amide bonds. The SMILES string of the molecule is O=S([O-])NC1CCC(n2cnc3cnc4[nH]ccc4c32)CC1. The monoisotopic (exact) mass is 318 g/mol. The lowest BCUT2D eigenvalue weighted by Crippen LogP contribution is -2.34. The molecule has 0 radical (unpaired) electrons. The number of H-pyrrole nitrogens is 1. The Morgan fingerprint density at radius 2 is 2.14 bits per heavy atom. The number of nitrogens with zero attached hydrogens (tertiary/aromatic N) is 3. The average Bonchev–Trinajstić information content (AvgIpc) is 3.13. The molecule has 1 fully saturated rings. The van der Waals surface area contributed by atoms with Crippen LogP contribution in [0, 0.1) is 0 Å². The van der Waals surface area contributed by atoms with Crippen molar-refractivity contribution in [1.82, 2.24) is 24.2 Å². The zero-order valence-electron chi connectivity index (χ0n) is 11.9. The average molecular weight is 318 g/mol. The van der Waals surface area contributed by atoms with Gasteiger partial charge in [0.15, 0.2) is 0 Å². The molecule has 0 aliphatic heterocycles. The van der Waals surface area contributed by atoms with E-state index in [0.29, 0.717) is 6.04 Å². The maximum absolute atomic E-state index is 10.7. The summed E-state index contributed by atoms with van der Waals surface area (Å²) in [6, 6.07) is 2.43. The summed E-state index contributed by atoms with van der Waals surface area (Å²) in [6.07, 6.45) is 9.13. The maximum atomic E-state index is 10.7. The van der Waals surface area contributed by atoms with Crippen LogP contribution < -0.4 is 4.72 Å². The summed E-state index contributed by atoms with van der Waals surface area (Å²) in [4.78, 5) is 12.0. The van der Waals surface area contributed by atoms with Crippen molar-refractivity contribution >= 4 is 33.3 Å². The first kappa shape index (κ1) is 13.9. The standard InChI is InChI=1S/C14H17N5O2S/c20-22(21)18-9-1-3-10(4-2-9)19-8-17-12-7-16-14-11(13(12)19)5-6-15-14/h5-10,18H,1-4H2,(H,15,16)(H,20,21)/p-1. The number of rotatable bonds is 3. The highest BCUT2D eigenvalue weighted by Crippen LogP contribution is 2.33. The molecule has 116 valence electrons. The second-order valence-electron chi connectivity index (χ2n) is 5.74. The second kappa shape index (κ2) is 5.45. The van der Waals surface area contributed by atoms with Gasteiger partial charge >= 0.3 is 0 Å². The van der Waals surface area contributed by atoms with E-state index in [-0.39, 0.29) is 6.04 Å². The Balaban J connectivity index is 1.65. The number of hydrogen-bond acceptors (Lipinski definition) is 4. The molecule has 2 N–H and O–H groups in total. The number of hydrogen-bond donors (Lipinski definition) is 2. The molecule has 0 spiro atoms. The smallest absolute Gasteiger partial charge is 0.139 e. The Bertz CT molecular complexity index is 834. The predicted octanol–water partition coefficient (Wildman–Crippen LogP) is 1.78. The molecule has 3 heterocycles. The zero-order valence-corrected chi connectivity index (χ0v) is 12.7. The van der Waals surface area contributed by atoms with Crippen LogP contribution in [-0.4, -0.2) is 34.3 Å². The molecule has 0 aromatic carbocycles. The van der Waals surface area contributed by atoms with Crippen molar-refractivity contribution in [3.63, 3.8) is 0 Å². The van der Waals surface area contributed by atoms with Gasteiger partial charge in [-0.15, -0.1) is 0 Å². The van der Waals surface area contributed by atoms with E-state index in [4.69, 9.17) is 0 Å². The third-order valence-electron chi connectivity index (χ3n) is 4.47. The molecule has 4 rings (SSSR count). The summed E-state index contributed by atoms with van der Waals surface area (Å²) < 4.78 is 26.3. The van der Waals surface area contributed by atoms with Gasteiger partial charge in [-0.25, -0.2) is 14.7 Å². The third kappa shape index (κ3) is 2.33. The van der Waals surface area contributed by atoms with Gasteiger partial charge in [-0.05, 0) is 31.7 Å². The Morgan fingerprint density at radius 1 is 1.32 bits per heavy atom. The van der Waals surface area contributed by atoms with Gasteiger partial charge in [0.25, 0.3) is 0 Å². The summed E-state index contributed by atoms with van der Waals surface area (Å²) in [5.74, 6) is 0. The number of aromatic amines is 1. The van der Waals surface area contributed by atoms with Crippen molar-refractivity contribution in [2.75, 3.05) is 0 Å². The number of pyridine rings is 1. The molecular formula is C14H16N5O2S-. The summed E-state index contributed by atoms with van der Waals surface area (Å²) in [6.45, 7) is 0. The summed E-state index contributed by atoms with van der Waals surface area (Å²) in [7, 11) is 0. The third-order valence-corrected chi connectivity index (χ3v) is 5.00. The van der Waals surface area contributed by atoms with E-state index in [1.165, 1.54) is 0 Å². The number of aromatic nitrogens is 4. The minimum absolute atomic E-state index is 0.0540. The number of imidazole rings is 1. The Kier molecular flexibility index (Phi) is 3.44. The molecule has 8 heteroatoms. The Labute approximate surface area is 129 Å². The number of fused-ring (bicyclic) bond motifs is 3. The summed E-state index contributed by atoms with van der Waals surface area (Å²) in [5.41, 5.74) is 2.87. The molecule has 3 aromatic heterocycles. The lowest BCUT2D eigenvalue weighted by Gasteiger charge is -2.30. The fraction of sp³-hybridized carbons (Fsp3) is 0.429. The molecule has 0 bridgehead atoms. The molecule has 0 saturated heterocycles. The van der Waals surface area contributed by atoms with Gasteiger partial charge in [0.2, 0.25) is 0 Å². The summed E-state index contributed by atoms with van der Waals surface area (Å²) in [5, 5.41) is 1.08. The van der Waals surface area contributed by atoms with Crippen LogP contribution in [0.2, 0.25) is 0 Å². The van der Waals surface area contributed by atoms with Gasteiger partial charge < -0.3 is 14.1 Å². The van der Waals surface area contributed by atoms with Gasteiger partial charge in [-0.2, -0.15) is 0 Å². The number of nitrogens with one attached hydrogen (secondary N) is 2. The van der Waals surface area contributed by atoms with Crippen LogP contribution >= 0.6 is 0 Å². The van der Waals surface area contributed by atoms with Crippen LogP contribution in [0.15, 0.2) is 24.8 Å². The maximum Gasteiger partial charge on any atom is 0.139 e. The molecule has 3 aromatic rings. The van der Waals surface area contributed by atoms with E-state index in [2.05, 4.69) is 24.2 Å². The van der Waals surface area contributed by atoms with Crippen molar-refractivity contribution in [2.45, 2.75) is 37.8 Å². The van der Waals surface area contributed by atoms with Gasteiger partial charge in [0.05, 0.1) is 18.0 Å². The van der Waals surface area contributed by atoms with Crippen LogP contribution in [0.5, 0.6) is 0 Å². The quantitative estimate of drug-likeness (QED) is 0.719. The van der Waals surface area contributed by atoms with Crippen LogP contribution in [0.4, 0.5) is 0 Å². The highest BCUT2D eigenvalue weighted by molar-refractivity contribution is 7.77. The molecule has 1 aliphatic carbocycles. The van der Waals surface area contributed by atoms with Gasteiger partial charge in [-0.3, -0.25) is 4.21 Å². The van der Waals surface area contributed by atoms with Crippen molar-refractivity contribution < 1.29 is 8.76 Å². The van der Waals surface area contributed by atoms with Crippen molar-refractivity contribution in [3.05, 3.63) is 24.8 Å². The normalized spacial score (nSPS) is 24.0. The van der Waals surface area contributed by atoms with E-state index >= 15 is 0 Å². The van der Waals surface area contributed by atoms with Crippen molar-refractivity contribution in [1.29, 1.82) is 0 Å². The van der Waals surface area contributed by atoms with Crippen molar-refractivity contribution in [2.24, 2.45) is 0 Å². The van der Waals surface area contributed by atoms with Gasteiger partial charge in [0.1, 0.15) is 11.2 Å². The van der Waals surface area contributed by atoms with E-state index < -0.39 is 11.3 Å². The lowest BCUT2D eigenvalue weighted by atomic mass is 9.91. The lowest BCUT2D eigenvalue weighted by molar-refractivity contribution is 0.314. The van der Waals surface area contributed by atoms with Crippen LogP contribution in [0.1, 0.15) is 31.7 Å². The molecule has 1 saturated carbocycles. The predicted molar refractivity (Wildman–Crippen MR) is 82.7 cm³/mol. The van der Waals surface area contributed by atoms with Crippen LogP contribution in [0.25, 0.3) is 22.1 Å². The van der Waals surface area contributed by atoms with Crippen LogP contribution in [-0.2, 0) is 11.3 Å². The van der Waals surface area contributed by atoms with Gasteiger partial charge in [0, 0.05) is 34.9 Å². The first-order valence-corrected chi connectivity index (χ1v) is 8.44. The minimum atomic E-state index is -2.18. The molecule has 22 heavy (non-hydrogen) atoms. The molecule has 7 nitrogen and oxygen atoms in total. The van der Waals surface area contributed by atoms with Crippen molar-refractivity contribution in [3.8, 4) is 0 Å². The Hall–Kier alpha value is -1.77. The van der Waals surface area contributed by atoms with E-state index in [9.17, 15) is 8.76 Å². The highest BCUT2D eigenvalue weighted by atomic mass is 32.2. The fourth-order valence-electron chi connectivity index (χ4n) is 3.42. The van der Waals surface area contributed by atoms with E-state index in [1.807, 2.05) is 18.6 Å². The molecule has 1 aliphatic rings. The topological polar surface area (TPSA) is 98.7 Å². The summed E-state index contributed by atoms with van der Waals surface area (Å²) >= 11 is -2.18. The largest absolute Gasteiger partial charge is 0.760 e. The van der Waals surface area contributed by atoms with Crippen LogP contribution in [0.3, 0.4) is 0 Å². The first-order chi connectivity index (χ1) is 10.7. The first-order valence-electron chi connectivity index (χ1n) is 7.36. The van der Waals surface area contributed by atoms with E-state index in [0.717, 1.165) is 47.8 Å². The second-order valence-corrected chi connectivity index (χ2v) is 6.45. The zero-order chi connectivity index (χ0) is 15.1.